The zero-order valence-electron chi connectivity index (χ0n) is 20.5. The fourth-order valence-corrected chi connectivity index (χ4v) is 4.64. The summed E-state index contributed by atoms with van der Waals surface area (Å²) in [7, 11) is -4.37. The van der Waals surface area contributed by atoms with Crippen LogP contribution in [0.1, 0.15) is 70.1 Å². The number of benzene rings is 2. The minimum Gasteiger partial charge on any atom is -0.339 e. The molecule has 2 amide bonds. The Bertz CT molecular complexity index is 1030. The topological polar surface area (TPSA) is 117 Å². The number of carbonyl (C=O) groups excluding carboxylic acids is 1. The second kappa shape index (κ2) is 10.2. The average Bonchev–Trinajstić information content (AvgIpc) is 3.06. The molecule has 186 valence electrons. The summed E-state index contributed by atoms with van der Waals surface area (Å²) in [5.74, 6) is -0.811. The third-order valence-corrected chi connectivity index (χ3v) is 7.12. The summed E-state index contributed by atoms with van der Waals surface area (Å²) >= 11 is 0. The van der Waals surface area contributed by atoms with Crippen molar-refractivity contribution in [3.05, 3.63) is 59.2 Å². The highest BCUT2D eigenvalue weighted by molar-refractivity contribution is 7.60. The molecule has 34 heavy (non-hydrogen) atoms. The van der Waals surface area contributed by atoms with Crippen LogP contribution in [-0.2, 0) is 19.8 Å². The van der Waals surface area contributed by atoms with E-state index in [1.807, 2.05) is 32.0 Å². The van der Waals surface area contributed by atoms with Gasteiger partial charge >= 0.3 is 13.6 Å². The second-order valence-corrected chi connectivity index (χ2v) is 11.0. The number of amides is 2. The Kier molecular flexibility index (Phi) is 7.90. The first-order chi connectivity index (χ1) is 15.8. The number of rotatable bonds is 7. The largest absolute Gasteiger partial charge is 0.356 e. The number of hydrogen-bond donors (Lipinski definition) is 4. The Balaban J connectivity index is 1.84. The molecule has 8 nitrogen and oxygen atoms in total. The van der Waals surface area contributed by atoms with Crippen LogP contribution in [0.4, 0.5) is 10.5 Å². The molecule has 1 saturated heterocycles. The lowest BCUT2D eigenvalue weighted by Gasteiger charge is -2.29. The number of carbonyl (C=O) groups is 1. The SMILES string of the molecule is CC(C)c1cccc(C(C)C)c1NC(=O)NCC1(c2ccc(P(=O)(O)O)cc2)O[C@H](C)[C@@H](C)O1. The predicted octanol–water partition coefficient (Wildman–Crippen LogP) is 4.53. The van der Waals surface area contributed by atoms with Crippen molar-refractivity contribution in [3.8, 4) is 0 Å². The van der Waals surface area contributed by atoms with Gasteiger partial charge in [-0.05, 0) is 48.9 Å². The Hall–Kier alpha value is -2.22. The fourth-order valence-electron chi connectivity index (χ4n) is 4.10. The van der Waals surface area contributed by atoms with Gasteiger partial charge in [0.15, 0.2) is 0 Å². The van der Waals surface area contributed by atoms with Gasteiger partial charge in [-0.15, -0.1) is 0 Å². The molecule has 1 aliphatic heterocycles. The van der Waals surface area contributed by atoms with Gasteiger partial charge in [-0.1, -0.05) is 58.0 Å². The Morgan fingerprint density at radius 2 is 1.47 bits per heavy atom. The molecule has 3 rings (SSSR count). The van der Waals surface area contributed by atoms with Crippen LogP contribution in [0.15, 0.2) is 42.5 Å². The molecule has 0 aliphatic carbocycles. The van der Waals surface area contributed by atoms with Crippen molar-refractivity contribution >= 4 is 24.6 Å². The van der Waals surface area contributed by atoms with Crippen LogP contribution in [-0.4, -0.2) is 34.6 Å². The van der Waals surface area contributed by atoms with Gasteiger partial charge in [0, 0.05) is 11.3 Å². The maximum absolute atomic E-state index is 13.0. The van der Waals surface area contributed by atoms with E-state index in [1.54, 1.807) is 12.1 Å². The van der Waals surface area contributed by atoms with E-state index >= 15 is 0 Å². The van der Waals surface area contributed by atoms with Gasteiger partial charge in [0.25, 0.3) is 0 Å². The predicted molar refractivity (Wildman–Crippen MR) is 133 cm³/mol. The van der Waals surface area contributed by atoms with Gasteiger partial charge in [-0.2, -0.15) is 0 Å². The van der Waals surface area contributed by atoms with Crippen molar-refractivity contribution in [3.63, 3.8) is 0 Å². The minimum atomic E-state index is -4.37. The molecule has 4 N–H and O–H groups in total. The summed E-state index contributed by atoms with van der Waals surface area (Å²) in [5, 5.41) is 5.80. The second-order valence-electron chi connectivity index (χ2n) is 9.42. The molecule has 0 spiro atoms. The number of hydrogen-bond acceptors (Lipinski definition) is 4. The van der Waals surface area contributed by atoms with Crippen LogP contribution in [0, 0.1) is 0 Å². The number of ether oxygens (including phenoxy) is 2. The van der Waals surface area contributed by atoms with Crippen LogP contribution in [0.3, 0.4) is 0 Å². The zero-order chi connectivity index (χ0) is 25.3. The third-order valence-electron chi connectivity index (χ3n) is 6.15. The molecular weight excluding hydrogens is 455 g/mol. The molecule has 1 heterocycles. The van der Waals surface area contributed by atoms with E-state index in [0.717, 1.165) is 16.8 Å². The molecule has 0 radical (unpaired) electrons. The Morgan fingerprint density at radius 3 is 1.91 bits per heavy atom. The van der Waals surface area contributed by atoms with Gasteiger partial charge < -0.3 is 29.9 Å². The maximum Gasteiger partial charge on any atom is 0.356 e. The Labute approximate surface area is 201 Å². The lowest BCUT2D eigenvalue weighted by Crippen LogP contribution is -2.44. The number of anilines is 1. The van der Waals surface area contributed by atoms with Crippen LogP contribution in [0.2, 0.25) is 0 Å². The first kappa shape index (κ1) is 26.4. The molecule has 2 atom stereocenters. The van der Waals surface area contributed by atoms with E-state index in [9.17, 15) is 19.1 Å². The van der Waals surface area contributed by atoms with Crippen LogP contribution >= 0.6 is 7.60 Å². The molecule has 0 bridgehead atoms. The molecule has 0 unspecified atom stereocenters. The number of urea groups is 1. The quantitative estimate of drug-likeness (QED) is 0.424. The van der Waals surface area contributed by atoms with Gasteiger partial charge in [0.2, 0.25) is 5.79 Å². The Morgan fingerprint density at radius 1 is 0.971 bits per heavy atom. The number of nitrogens with one attached hydrogen (secondary N) is 2. The normalized spacial score (nSPS) is 20.1. The van der Waals surface area contributed by atoms with Crippen molar-refractivity contribution in [1.82, 2.24) is 5.32 Å². The molecule has 0 aromatic heterocycles. The van der Waals surface area contributed by atoms with Crippen molar-refractivity contribution in [2.45, 2.75) is 71.4 Å². The highest BCUT2D eigenvalue weighted by Gasteiger charge is 2.46. The summed E-state index contributed by atoms with van der Waals surface area (Å²) in [4.78, 5) is 31.8. The standard InChI is InChI=1S/C25H35N2O6P/c1-15(2)21-8-7-9-22(16(3)4)23(21)27-24(28)26-14-25(32-17(5)18(6)33-25)19-10-12-20(13-11-19)34(29,30)31/h7-13,15-18H,14H2,1-6H3,(H2,26,27,28)(H2,29,30,31)/t17-,18-/m1/s1. The first-order valence-electron chi connectivity index (χ1n) is 11.5. The number of para-hydroxylation sites is 1. The molecule has 0 saturated carbocycles. The third kappa shape index (κ3) is 5.70. The van der Waals surface area contributed by atoms with Crippen LogP contribution in [0.25, 0.3) is 0 Å². The lowest BCUT2D eigenvalue weighted by atomic mass is 9.93. The molecule has 2 aromatic rings. The average molecular weight is 491 g/mol. The maximum atomic E-state index is 13.0. The van der Waals surface area contributed by atoms with Crippen molar-refractivity contribution in [2.24, 2.45) is 0 Å². The van der Waals surface area contributed by atoms with Crippen LogP contribution < -0.4 is 15.9 Å². The molecule has 1 fully saturated rings. The summed E-state index contributed by atoms with van der Waals surface area (Å²) in [5.41, 5.74) is 3.48. The van der Waals surface area contributed by atoms with E-state index in [-0.39, 0.29) is 41.9 Å². The van der Waals surface area contributed by atoms with Crippen molar-refractivity contribution in [2.75, 3.05) is 11.9 Å². The minimum absolute atomic E-state index is 0.0175. The highest BCUT2D eigenvalue weighted by Crippen LogP contribution is 2.39. The van der Waals surface area contributed by atoms with E-state index in [1.165, 1.54) is 12.1 Å². The molecular formula is C25H35N2O6P. The van der Waals surface area contributed by atoms with Crippen LogP contribution in [0.5, 0.6) is 0 Å². The fraction of sp³-hybridized carbons (Fsp3) is 0.480. The van der Waals surface area contributed by atoms with E-state index < -0.39 is 13.4 Å². The van der Waals surface area contributed by atoms with E-state index in [4.69, 9.17) is 9.47 Å². The van der Waals surface area contributed by atoms with Gasteiger partial charge in [0.05, 0.1) is 24.1 Å². The van der Waals surface area contributed by atoms with Crippen molar-refractivity contribution < 1.29 is 28.6 Å². The molecule has 2 aromatic carbocycles. The molecule has 9 heteroatoms. The molecule has 1 aliphatic rings. The summed E-state index contributed by atoms with van der Waals surface area (Å²) in [6.45, 7) is 12.1. The first-order valence-corrected chi connectivity index (χ1v) is 13.1. The smallest absolute Gasteiger partial charge is 0.339 e. The van der Waals surface area contributed by atoms with E-state index in [0.29, 0.717) is 5.56 Å². The highest BCUT2D eigenvalue weighted by atomic mass is 31.2. The van der Waals surface area contributed by atoms with E-state index in [2.05, 4.69) is 38.3 Å². The zero-order valence-corrected chi connectivity index (χ0v) is 21.4. The summed E-state index contributed by atoms with van der Waals surface area (Å²) < 4.78 is 23.8. The van der Waals surface area contributed by atoms with Gasteiger partial charge in [-0.25, -0.2) is 4.79 Å². The van der Waals surface area contributed by atoms with Crippen molar-refractivity contribution in [1.29, 1.82) is 0 Å². The summed E-state index contributed by atoms with van der Waals surface area (Å²) in [6.07, 6.45) is -0.471. The lowest BCUT2D eigenvalue weighted by molar-refractivity contribution is -0.176. The van der Waals surface area contributed by atoms with Gasteiger partial charge in [0.1, 0.15) is 0 Å². The van der Waals surface area contributed by atoms with Gasteiger partial charge in [-0.3, -0.25) is 4.57 Å². The monoisotopic (exact) mass is 490 g/mol. The summed E-state index contributed by atoms with van der Waals surface area (Å²) in [6, 6.07) is 11.5.